The van der Waals surface area contributed by atoms with Crippen molar-refractivity contribution in [2.24, 2.45) is 4.99 Å². The zero-order chi connectivity index (χ0) is 10.4. The van der Waals surface area contributed by atoms with Gasteiger partial charge in [-0.05, 0) is 26.2 Å². The number of nitrogens with one attached hydrogen (secondary N) is 1. The molecule has 0 bridgehead atoms. The summed E-state index contributed by atoms with van der Waals surface area (Å²) >= 11 is 1.88. The average Bonchev–Trinajstić information content (AvgIpc) is 2.17. The topological polar surface area (TPSA) is 24.4 Å². The van der Waals surface area contributed by atoms with E-state index in [9.17, 15) is 0 Å². The Bertz CT molecular complexity index is 192. The molecule has 2 unspecified atom stereocenters. The van der Waals surface area contributed by atoms with E-state index in [4.69, 9.17) is 0 Å². The number of aliphatic imine (C=N–C) groups is 1. The first-order valence-corrected chi connectivity index (χ1v) is 6.72. The molecule has 0 aromatic rings. The third-order valence-corrected chi connectivity index (χ3v) is 3.51. The molecule has 0 saturated heterocycles. The molecule has 0 fully saturated rings. The second-order valence-corrected chi connectivity index (χ2v) is 5.04. The molecule has 0 saturated carbocycles. The lowest BCUT2D eigenvalue weighted by atomic mass is 10.1. The van der Waals surface area contributed by atoms with Crippen molar-refractivity contribution in [2.45, 2.75) is 58.5 Å². The van der Waals surface area contributed by atoms with Gasteiger partial charge in [0.05, 0.1) is 6.04 Å². The van der Waals surface area contributed by atoms with E-state index in [0.29, 0.717) is 12.1 Å². The molecule has 0 radical (unpaired) electrons. The molecule has 0 aliphatic carbocycles. The van der Waals surface area contributed by atoms with E-state index in [0.717, 1.165) is 0 Å². The van der Waals surface area contributed by atoms with Crippen LogP contribution in [0.2, 0.25) is 0 Å². The summed E-state index contributed by atoms with van der Waals surface area (Å²) in [6, 6.07) is 1.13. The van der Waals surface area contributed by atoms with Gasteiger partial charge < -0.3 is 5.32 Å². The number of thioether (sulfide) groups is 1. The van der Waals surface area contributed by atoms with Gasteiger partial charge >= 0.3 is 0 Å². The van der Waals surface area contributed by atoms with E-state index in [1.807, 2.05) is 11.8 Å². The second kappa shape index (κ2) is 6.33. The van der Waals surface area contributed by atoms with Crippen LogP contribution in [0.3, 0.4) is 0 Å². The molecule has 1 aliphatic heterocycles. The zero-order valence-electron chi connectivity index (χ0n) is 9.55. The summed E-state index contributed by atoms with van der Waals surface area (Å²) in [5.74, 6) is 1.22. The molecule has 1 heterocycles. The van der Waals surface area contributed by atoms with Crippen LogP contribution in [0.25, 0.3) is 0 Å². The van der Waals surface area contributed by atoms with Gasteiger partial charge in [-0.1, -0.05) is 32.0 Å². The Morgan fingerprint density at radius 1 is 1.57 bits per heavy atom. The predicted octanol–water partition coefficient (Wildman–Crippen LogP) is 3.04. The van der Waals surface area contributed by atoms with Crippen molar-refractivity contribution in [3.05, 3.63) is 0 Å². The van der Waals surface area contributed by atoms with Crippen LogP contribution < -0.4 is 5.32 Å². The quantitative estimate of drug-likeness (QED) is 0.778. The second-order valence-electron chi connectivity index (χ2n) is 3.96. The van der Waals surface area contributed by atoms with Crippen molar-refractivity contribution in [1.82, 2.24) is 5.32 Å². The molecule has 0 aromatic heterocycles. The van der Waals surface area contributed by atoms with Crippen LogP contribution >= 0.6 is 11.8 Å². The van der Waals surface area contributed by atoms with Crippen LogP contribution in [0.1, 0.15) is 46.5 Å². The van der Waals surface area contributed by atoms with Crippen LogP contribution in [0.4, 0.5) is 0 Å². The van der Waals surface area contributed by atoms with Crippen LogP contribution in [-0.2, 0) is 0 Å². The number of hydrogen-bond donors (Lipinski definition) is 1. The van der Waals surface area contributed by atoms with Crippen molar-refractivity contribution in [2.75, 3.05) is 5.75 Å². The van der Waals surface area contributed by atoms with Gasteiger partial charge in [-0.15, -0.1) is 0 Å². The highest BCUT2D eigenvalue weighted by molar-refractivity contribution is 8.13. The maximum Gasteiger partial charge on any atom is 0.157 e. The monoisotopic (exact) mass is 214 g/mol. The summed E-state index contributed by atoms with van der Waals surface area (Å²) in [6.07, 6.45) is 4.92. The number of rotatable bonds is 4. The van der Waals surface area contributed by atoms with E-state index < -0.39 is 0 Å². The molecule has 2 nitrogen and oxygen atoms in total. The van der Waals surface area contributed by atoms with Crippen molar-refractivity contribution < 1.29 is 0 Å². The maximum absolute atomic E-state index is 4.62. The largest absolute Gasteiger partial charge is 0.362 e. The molecule has 1 N–H and O–H groups in total. The smallest absolute Gasteiger partial charge is 0.157 e. The summed E-state index contributed by atoms with van der Waals surface area (Å²) in [5, 5.41) is 4.72. The Kier molecular flexibility index (Phi) is 5.38. The van der Waals surface area contributed by atoms with Gasteiger partial charge in [0, 0.05) is 11.8 Å². The minimum atomic E-state index is 0.512. The molecule has 3 heteroatoms. The summed E-state index contributed by atoms with van der Waals surface area (Å²) < 4.78 is 0. The molecule has 14 heavy (non-hydrogen) atoms. The number of nitrogens with zero attached hydrogens (tertiary/aromatic N) is 1. The van der Waals surface area contributed by atoms with Gasteiger partial charge in [0.15, 0.2) is 5.17 Å². The summed E-state index contributed by atoms with van der Waals surface area (Å²) in [5.41, 5.74) is 0. The minimum Gasteiger partial charge on any atom is -0.362 e. The van der Waals surface area contributed by atoms with E-state index in [2.05, 4.69) is 31.1 Å². The van der Waals surface area contributed by atoms with Crippen LogP contribution in [0, 0.1) is 0 Å². The predicted molar refractivity (Wildman–Crippen MR) is 66.1 cm³/mol. The number of hydrogen-bond acceptors (Lipinski definition) is 3. The molecule has 0 aromatic carbocycles. The normalized spacial score (nSPS) is 24.2. The van der Waals surface area contributed by atoms with Crippen molar-refractivity contribution >= 4 is 16.9 Å². The third-order valence-electron chi connectivity index (χ3n) is 2.57. The van der Waals surface area contributed by atoms with Crippen molar-refractivity contribution in [3.8, 4) is 0 Å². The van der Waals surface area contributed by atoms with Gasteiger partial charge in [-0.25, -0.2) is 0 Å². The first-order valence-electron chi connectivity index (χ1n) is 5.73. The maximum atomic E-state index is 4.62. The fraction of sp³-hybridized carbons (Fsp3) is 0.909. The van der Waals surface area contributed by atoms with E-state index in [1.165, 1.54) is 36.6 Å². The summed E-state index contributed by atoms with van der Waals surface area (Å²) in [4.78, 5) is 4.62. The van der Waals surface area contributed by atoms with Crippen LogP contribution in [0.15, 0.2) is 4.99 Å². The van der Waals surface area contributed by atoms with Crippen LogP contribution in [0.5, 0.6) is 0 Å². The van der Waals surface area contributed by atoms with E-state index >= 15 is 0 Å². The Hall–Kier alpha value is -0.180. The molecule has 1 rings (SSSR count). The SMILES string of the molecule is CCCC(CC)NC1=NC(C)CCS1. The lowest BCUT2D eigenvalue weighted by Gasteiger charge is -2.22. The average molecular weight is 214 g/mol. The van der Waals surface area contributed by atoms with Gasteiger partial charge in [0.1, 0.15) is 0 Å². The highest BCUT2D eigenvalue weighted by Gasteiger charge is 2.14. The van der Waals surface area contributed by atoms with Crippen molar-refractivity contribution in [1.29, 1.82) is 0 Å². The Balaban J connectivity index is 2.40. The summed E-state index contributed by atoms with van der Waals surface area (Å²) in [6.45, 7) is 6.68. The Morgan fingerprint density at radius 3 is 2.93 bits per heavy atom. The molecule has 0 spiro atoms. The van der Waals surface area contributed by atoms with Crippen LogP contribution in [-0.4, -0.2) is 23.0 Å². The fourth-order valence-corrected chi connectivity index (χ4v) is 2.77. The first kappa shape index (κ1) is 11.9. The zero-order valence-corrected chi connectivity index (χ0v) is 10.4. The first-order chi connectivity index (χ1) is 6.76. The Labute approximate surface area is 92.0 Å². The van der Waals surface area contributed by atoms with Crippen molar-refractivity contribution in [3.63, 3.8) is 0 Å². The Morgan fingerprint density at radius 2 is 2.36 bits per heavy atom. The fourth-order valence-electron chi connectivity index (χ4n) is 1.61. The highest BCUT2D eigenvalue weighted by atomic mass is 32.2. The molecular weight excluding hydrogens is 192 g/mol. The molecular formula is C11H22N2S. The van der Waals surface area contributed by atoms with Gasteiger partial charge in [0.2, 0.25) is 0 Å². The minimum absolute atomic E-state index is 0.512. The highest BCUT2D eigenvalue weighted by Crippen LogP contribution is 2.17. The molecule has 1 aliphatic rings. The lowest BCUT2D eigenvalue weighted by Crippen LogP contribution is -2.34. The van der Waals surface area contributed by atoms with E-state index in [-0.39, 0.29) is 0 Å². The molecule has 2 atom stereocenters. The number of amidine groups is 1. The molecule has 82 valence electrons. The summed E-state index contributed by atoms with van der Waals surface area (Å²) in [7, 11) is 0. The van der Waals surface area contributed by atoms with Gasteiger partial charge in [-0.2, -0.15) is 0 Å². The molecule has 0 amide bonds. The third kappa shape index (κ3) is 3.91. The van der Waals surface area contributed by atoms with Gasteiger partial charge in [-0.3, -0.25) is 4.99 Å². The standard InChI is InChI=1S/C11H22N2S/c1-4-6-10(5-2)13-11-12-9(3)7-8-14-11/h9-10H,4-8H2,1-3H3,(H,12,13). The lowest BCUT2D eigenvalue weighted by molar-refractivity contribution is 0.536. The van der Waals surface area contributed by atoms with E-state index in [1.54, 1.807) is 0 Å². The van der Waals surface area contributed by atoms with Gasteiger partial charge in [0.25, 0.3) is 0 Å².